The van der Waals surface area contributed by atoms with Gasteiger partial charge in [-0.1, -0.05) is 18.7 Å². The third-order valence-corrected chi connectivity index (χ3v) is 9.00. The van der Waals surface area contributed by atoms with Gasteiger partial charge in [0.2, 0.25) is 10.0 Å². The van der Waals surface area contributed by atoms with E-state index in [0.717, 1.165) is 26.1 Å². The van der Waals surface area contributed by atoms with Gasteiger partial charge >= 0.3 is 6.18 Å². The molecule has 2 rings (SSSR count). The van der Waals surface area contributed by atoms with Crippen molar-refractivity contribution in [2.75, 3.05) is 13.3 Å². The van der Waals surface area contributed by atoms with Crippen LogP contribution in [0.4, 0.5) is 13.2 Å². The highest BCUT2D eigenvalue weighted by Crippen LogP contribution is 2.48. The van der Waals surface area contributed by atoms with Crippen molar-refractivity contribution in [3.63, 3.8) is 0 Å². The van der Waals surface area contributed by atoms with Crippen LogP contribution in [0, 0.1) is 0 Å². The van der Waals surface area contributed by atoms with E-state index in [1.165, 1.54) is 32.2 Å². The number of alkyl halides is 3. The summed E-state index contributed by atoms with van der Waals surface area (Å²) in [6.07, 6.45) is -1.47. The number of hydrogen-bond acceptors (Lipinski definition) is 6. The molecule has 0 unspecified atom stereocenters. The molecule has 0 spiro atoms. The highest BCUT2D eigenvalue weighted by Gasteiger charge is 2.50. The number of sulfone groups is 1. The molecular formula is C20H23F3N2O5S2. The van der Waals surface area contributed by atoms with Crippen LogP contribution in [0.1, 0.15) is 32.0 Å². The maximum atomic E-state index is 14.2. The fourth-order valence-corrected chi connectivity index (χ4v) is 5.72. The van der Waals surface area contributed by atoms with E-state index in [9.17, 15) is 35.1 Å². The van der Waals surface area contributed by atoms with E-state index in [-0.39, 0.29) is 11.3 Å². The number of aliphatic hydroxyl groups excluding tert-OH is 1. The fourth-order valence-electron chi connectivity index (χ4n) is 3.39. The maximum absolute atomic E-state index is 14.2. The van der Waals surface area contributed by atoms with Crippen molar-refractivity contribution in [2.45, 2.75) is 31.7 Å². The zero-order valence-electron chi connectivity index (χ0n) is 18.0. The van der Waals surface area contributed by atoms with Gasteiger partial charge < -0.3 is 5.11 Å². The van der Waals surface area contributed by atoms with Crippen molar-refractivity contribution < 1.29 is 35.1 Å². The number of hydrogen-bond donors (Lipinski definition) is 1. The highest BCUT2D eigenvalue weighted by molar-refractivity contribution is 7.96. The molecule has 12 heteroatoms. The van der Waals surface area contributed by atoms with E-state index in [1.807, 2.05) is 0 Å². The second-order valence-corrected chi connectivity index (χ2v) is 12.1. The summed E-state index contributed by atoms with van der Waals surface area (Å²) in [6, 6.07) is 2.86. The average molecular weight is 493 g/mol. The van der Waals surface area contributed by atoms with Gasteiger partial charge in [0.25, 0.3) is 0 Å². The van der Waals surface area contributed by atoms with Crippen molar-refractivity contribution in [1.29, 1.82) is 0 Å². The molecule has 7 nitrogen and oxygen atoms in total. The average Bonchev–Trinajstić information content (AvgIpc) is 2.64. The molecule has 32 heavy (non-hydrogen) atoms. The van der Waals surface area contributed by atoms with Gasteiger partial charge in [-0.3, -0.25) is 9.29 Å². The largest absolute Gasteiger partial charge is 0.504 e. The summed E-state index contributed by atoms with van der Waals surface area (Å²) in [4.78, 5) is 2.98. The number of fused-ring (bicyclic) bond motifs is 1. The molecule has 1 aliphatic heterocycles. The molecular weight excluding hydrogens is 469 g/mol. The van der Waals surface area contributed by atoms with E-state index >= 15 is 0 Å². The van der Waals surface area contributed by atoms with Crippen LogP contribution < -0.4 is 0 Å². The highest BCUT2D eigenvalue weighted by atomic mass is 32.2. The molecule has 1 aromatic heterocycles. The van der Waals surface area contributed by atoms with Gasteiger partial charge in [-0.05, 0) is 38.5 Å². The first-order chi connectivity index (χ1) is 14.4. The summed E-state index contributed by atoms with van der Waals surface area (Å²) in [5.41, 5.74) is -3.33. The molecule has 0 aliphatic carbocycles. The molecule has 0 saturated carbocycles. The van der Waals surface area contributed by atoms with Crippen LogP contribution in [-0.2, 0) is 24.6 Å². The fraction of sp³-hybridized carbons (Fsp3) is 0.350. The Hall–Kier alpha value is -2.60. The van der Waals surface area contributed by atoms with Crippen LogP contribution in [-0.4, -0.2) is 50.7 Å². The van der Waals surface area contributed by atoms with Gasteiger partial charge in [0.05, 0.1) is 22.3 Å². The van der Waals surface area contributed by atoms with Crippen molar-refractivity contribution >= 4 is 25.6 Å². The zero-order valence-corrected chi connectivity index (χ0v) is 19.7. The first-order valence-corrected chi connectivity index (χ1v) is 12.4. The Morgan fingerprint density at radius 3 is 2.34 bits per heavy atom. The Morgan fingerprint density at radius 1 is 1.31 bits per heavy atom. The number of sulfonamides is 1. The molecule has 0 bridgehead atoms. The zero-order chi connectivity index (χ0) is 24.9. The lowest BCUT2D eigenvalue weighted by Gasteiger charge is -2.34. The van der Waals surface area contributed by atoms with Crippen LogP contribution in [0.3, 0.4) is 0 Å². The Morgan fingerprint density at radius 2 is 1.88 bits per heavy atom. The summed E-state index contributed by atoms with van der Waals surface area (Å²) in [6.45, 7) is 6.77. The molecule has 1 N–H and O–H groups in total. The molecule has 176 valence electrons. The molecule has 0 saturated heterocycles. The SMILES string of the molecule is C=C/C=C(/C(=C(\C)C1=C(O)c2ncccc2C(C)(C)S1(=O)=O)C(F)(F)F)N(C)S(C)(=O)=O. The lowest BCUT2D eigenvalue weighted by atomic mass is 9.96. The molecule has 0 fully saturated rings. The molecule has 0 aromatic carbocycles. The predicted octanol–water partition coefficient (Wildman–Crippen LogP) is 3.81. The molecule has 0 amide bonds. The van der Waals surface area contributed by atoms with Gasteiger partial charge in [0.15, 0.2) is 15.6 Å². The monoisotopic (exact) mass is 492 g/mol. The number of likely N-dealkylation sites (N-methyl/N-ethyl adjacent to an activating group) is 1. The van der Waals surface area contributed by atoms with Crippen LogP contribution in [0.2, 0.25) is 0 Å². The second kappa shape index (κ2) is 8.07. The molecule has 1 aromatic rings. The summed E-state index contributed by atoms with van der Waals surface area (Å²) in [5.74, 6) is -0.945. The topological polar surface area (TPSA) is 105 Å². The van der Waals surface area contributed by atoms with E-state index in [0.29, 0.717) is 10.6 Å². The second-order valence-electron chi connectivity index (χ2n) is 7.61. The number of halogens is 3. The van der Waals surface area contributed by atoms with Crippen molar-refractivity contribution in [2.24, 2.45) is 0 Å². The Labute approximate surface area is 185 Å². The van der Waals surface area contributed by atoms with Crippen molar-refractivity contribution in [3.8, 4) is 0 Å². The maximum Gasteiger partial charge on any atom is 0.418 e. The lowest BCUT2D eigenvalue weighted by Crippen LogP contribution is -2.37. The molecule has 2 heterocycles. The minimum absolute atomic E-state index is 0.123. The Balaban J connectivity index is 3.09. The number of aliphatic hydroxyl groups is 1. The summed E-state index contributed by atoms with van der Waals surface area (Å²) < 4.78 is 92.2. The molecule has 0 radical (unpaired) electrons. The van der Waals surface area contributed by atoms with Crippen molar-refractivity contribution in [1.82, 2.24) is 9.29 Å². The van der Waals surface area contributed by atoms with Crippen LogP contribution >= 0.6 is 0 Å². The van der Waals surface area contributed by atoms with Crippen LogP contribution in [0.5, 0.6) is 0 Å². The number of pyridine rings is 1. The van der Waals surface area contributed by atoms with E-state index in [4.69, 9.17) is 0 Å². The number of nitrogens with zero attached hydrogens (tertiary/aromatic N) is 2. The minimum Gasteiger partial charge on any atom is -0.504 e. The van der Waals surface area contributed by atoms with Gasteiger partial charge in [-0.15, -0.1) is 0 Å². The van der Waals surface area contributed by atoms with E-state index in [2.05, 4.69) is 11.6 Å². The van der Waals surface area contributed by atoms with E-state index in [1.54, 1.807) is 0 Å². The summed E-state index contributed by atoms with van der Waals surface area (Å²) in [5, 5.41) is 10.7. The number of aromatic nitrogens is 1. The molecule has 0 atom stereocenters. The van der Waals surface area contributed by atoms with Crippen molar-refractivity contribution in [3.05, 3.63) is 70.1 Å². The first kappa shape index (κ1) is 25.7. The standard InChI is InChI=1S/C20H23F3N2O5S2/c1-7-9-14(25(5)31(6,27)28)15(20(21,22)23)12(2)18-17(26)16-13(10-8-11-24-16)19(3,4)32(18,29)30/h7-11,26H,1H2,2-6H3/b14-9-,15-12-. The van der Waals surface area contributed by atoms with Gasteiger partial charge in [-0.2, -0.15) is 13.2 Å². The summed E-state index contributed by atoms with van der Waals surface area (Å²) >= 11 is 0. The first-order valence-electron chi connectivity index (χ1n) is 9.09. The quantitative estimate of drug-likeness (QED) is 0.627. The van der Waals surface area contributed by atoms with Gasteiger partial charge in [0, 0.05) is 18.8 Å². The number of allylic oxidation sites excluding steroid dienone is 4. The predicted molar refractivity (Wildman–Crippen MR) is 115 cm³/mol. The Kier molecular flexibility index (Phi) is 6.47. The van der Waals surface area contributed by atoms with Crippen LogP contribution in [0.15, 0.2) is 58.8 Å². The number of rotatable bonds is 5. The lowest BCUT2D eigenvalue weighted by molar-refractivity contribution is -0.0911. The smallest absolute Gasteiger partial charge is 0.418 e. The van der Waals surface area contributed by atoms with Crippen LogP contribution in [0.25, 0.3) is 5.76 Å². The Bertz CT molecular complexity index is 1270. The minimum atomic E-state index is -5.19. The normalized spacial score (nSPS) is 19.2. The van der Waals surface area contributed by atoms with Gasteiger partial charge in [-0.25, -0.2) is 16.8 Å². The third-order valence-electron chi connectivity index (χ3n) is 5.20. The third kappa shape index (κ3) is 4.08. The summed E-state index contributed by atoms with van der Waals surface area (Å²) in [7, 11) is -7.84. The van der Waals surface area contributed by atoms with E-state index < -0.39 is 58.3 Å². The molecule has 1 aliphatic rings. The van der Waals surface area contributed by atoms with Gasteiger partial charge in [0.1, 0.15) is 10.6 Å².